The van der Waals surface area contributed by atoms with Gasteiger partial charge in [0.2, 0.25) is 0 Å². The van der Waals surface area contributed by atoms with Gasteiger partial charge in [-0.1, -0.05) is 42.0 Å². The number of nitrogens with zero attached hydrogens (tertiary/aromatic N) is 1. The zero-order valence-corrected chi connectivity index (χ0v) is 13.1. The molecule has 0 saturated carbocycles. The van der Waals surface area contributed by atoms with Gasteiger partial charge in [0.25, 0.3) is 0 Å². The fourth-order valence-electron chi connectivity index (χ4n) is 4.12. The maximum Gasteiger partial charge on any atom is 0.0896 e. The van der Waals surface area contributed by atoms with Crippen molar-refractivity contribution in [1.29, 1.82) is 0 Å². The number of rotatable bonds is 1. The van der Waals surface area contributed by atoms with Gasteiger partial charge in [-0.3, -0.25) is 0 Å². The SMILES string of the molecule is Cc1ccc2[nH]c3c(c2c1)CC[C@@H]1C3=NN[C@H]1c1ccccc1. The Bertz CT molecular complexity index is 921. The van der Waals surface area contributed by atoms with Crippen LogP contribution in [0.5, 0.6) is 0 Å². The number of hydrazone groups is 1. The van der Waals surface area contributed by atoms with Crippen molar-refractivity contribution in [3.8, 4) is 0 Å². The molecule has 1 aliphatic carbocycles. The third kappa shape index (κ3) is 1.86. The third-order valence-electron chi connectivity index (χ3n) is 5.26. The molecule has 3 heteroatoms. The summed E-state index contributed by atoms with van der Waals surface area (Å²) >= 11 is 0. The van der Waals surface area contributed by atoms with Crippen LogP contribution >= 0.6 is 0 Å². The molecule has 2 N–H and O–H groups in total. The fourth-order valence-corrected chi connectivity index (χ4v) is 4.12. The van der Waals surface area contributed by atoms with E-state index in [4.69, 9.17) is 5.10 Å². The largest absolute Gasteiger partial charge is 0.353 e. The van der Waals surface area contributed by atoms with Crippen LogP contribution in [-0.4, -0.2) is 10.7 Å². The first-order valence-corrected chi connectivity index (χ1v) is 8.31. The average molecular weight is 301 g/mol. The summed E-state index contributed by atoms with van der Waals surface area (Å²) in [5.74, 6) is 0.457. The quantitative estimate of drug-likeness (QED) is 0.698. The highest BCUT2D eigenvalue weighted by Crippen LogP contribution is 2.40. The number of H-pyrrole nitrogens is 1. The van der Waals surface area contributed by atoms with Crippen molar-refractivity contribution in [2.75, 3.05) is 0 Å². The van der Waals surface area contributed by atoms with Crippen LogP contribution in [0.4, 0.5) is 0 Å². The molecule has 0 unspecified atom stereocenters. The summed E-state index contributed by atoms with van der Waals surface area (Å²) in [7, 11) is 0. The van der Waals surface area contributed by atoms with Gasteiger partial charge in [0.15, 0.2) is 0 Å². The van der Waals surface area contributed by atoms with E-state index >= 15 is 0 Å². The van der Waals surface area contributed by atoms with E-state index in [0.29, 0.717) is 12.0 Å². The number of aromatic amines is 1. The first-order chi connectivity index (χ1) is 11.3. The van der Waals surface area contributed by atoms with Gasteiger partial charge in [-0.25, -0.2) is 0 Å². The van der Waals surface area contributed by atoms with Crippen molar-refractivity contribution in [3.63, 3.8) is 0 Å². The molecular formula is C20H19N3. The van der Waals surface area contributed by atoms with E-state index in [1.807, 2.05) is 0 Å². The molecule has 0 bridgehead atoms. The van der Waals surface area contributed by atoms with E-state index in [1.54, 1.807) is 0 Å². The van der Waals surface area contributed by atoms with E-state index in [0.717, 1.165) is 12.8 Å². The molecular weight excluding hydrogens is 282 g/mol. The maximum atomic E-state index is 4.71. The second-order valence-corrected chi connectivity index (χ2v) is 6.69. The standard InChI is InChI=1S/C20H19N3/c1-12-7-10-17-16(11-12)14-8-9-15-18(13-5-3-2-4-6-13)22-23-20(15)19(14)21-17/h2-7,10-11,15,18,21-22H,8-9H2,1H3/t15-,18-/m0/s1. The summed E-state index contributed by atoms with van der Waals surface area (Å²) in [6.07, 6.45) is 2.27. The van der Waals surface area contributed by atoms with Crippen molar-refractivity contribution in [3.05, 3.63) is 70.9 Å². The van der Waals surface area contributed by atoms with Crippen LogP contribution in [0, 0.1) is 12.8 Å². The fraction of sp³-hybridized carbons (Fsp3) is 0.250. The number of aryl methyl sites for hydroxylation is 2. The summed E-state index contributed by atoms with van der Waals surface area (Å²) in [6, 6.07) is 17.6. The summed E-state index contributed by atoms with van der Waals surface area (Å²) in [6.45, 7) is 2.16. The van der Waals surface area contributed by atoms with Crippen molar-refractivity contribution < 1.29 is 0 Å². The normalized spacial score (nSPS) is 22.4. The number of hydrogen-bond donors (Lipinski definition) is 2. The van der Waals surface area contributed by atoms with Gasteiger partial charge >= 0.3 is 0 Å². The zero-order chi connectivity index (χ0) is 15.4. The van der Waals surface area contributed by atoms with Crippen LogP contribution < -0.4 is 5.43 Å². The van der Waals surface area contributed by atoms with Gasteiger partial charge in [-0.15, -0.1) is 0 Å². The number of hydrogen-bond acceptors (Lipinski definition) is 2. The molecule has 3 nitrogen and oxygen atoms in total. The highest BCUT2D eigenvalue weighted by atomic mass is 15.3. The van der Waals surface area contributed by atoms with Crippen LogP contribution in [-0.2, 0) is 6.42 Å². The summed E-state index contributed by atoms with van der Waals surface area (Å²) in [4.78, 5) is 3.62. The molecule has 2 aromatic carbocycles. The van der Waals surface area contributed by atoms with Crippen LogP contribution in [0.3, 0.4) is 0 Å². The summed E-state index contributed by atoms with van der Waals surface area (Å²) in [5.41, 5.74) is 11.1. The van der Waals surface area contributed by atoms with Gasteiger partial charge < -0.3 is 10.4 Å². The molecule has 1 aliphatic heterocycles. The Kier molecular flexibility index (Phi) is 2.66. The molecule has 114 valence electrons. The van der Waals surface area contributed by atoms with Gasteiger partial charge in [-0.2, -0.15) is 5.10 Å². The minimum Gasteiger partial charge on any atom is -0.353 e. The Hall–Kier alpha value is -2.55. The van der Waals surface area contributed by atoms with Gasteiger partial charge in [0.1, 0.15) is 0 Å². The molecule has 5 rings (SSSR count). The molecule has 1 aromatic heterocycles. The van der Waals surface area contributed by atoms with Crippen molar-refractivity contribution in [2.45, 2.75) is 25.8 Å². The van der Waals surface area contributed by atoms with Crippen LogP contribution in [0.2, 0.25) is 0 Å². The Labute approximate surface area is 135 Å². The Morgan fingerprint density at radius 2 is 1.96 bits per heavy atom. The highest BCUT2D eigenvalue weighted by molar-refractivity contribution is 6.08. The van der Waals surface area contributed by atoms with Crippen LogP contribution in [0.15, 0.2) is 53.6 Å². The second-order valence-electron chi connectivity index (χ2n) is 6.69. The second kappa shape index (κ2) is 4.72. The predicted octanol–water partition coefficient (Wildman–Crippen LogP) is 4.09. The van der Waals surface area contributed by atoms with Crippen molar-refractivity contribution in [2.24, 2.45) is 11.0 Å². The van der Waals surface area contributed by atoms with Crippen LogP contribution in [0.25, 0.3) is 10.9 Å². The third-order valence-corrected chi connectivity index (χ3v) is 5.26. The first-order valence-electron chi connectivity index (χ1n) is 8.31. The molecule has 0 amide bonds. The predicted molar refractivity (Wildman–Crippen MR) is 93.7 cm³/mol. The topological polar surface area (TPSA) is 40.2 Å². The van der Waals surface area contributed by atoms with E-state index in [9.17, 15) is 0 Å². The minimum atomic E-state index is 0.299. The van der Waals surface area contributed by atoms with E-state index in [-0.39, 0.29) is 0 Å². The van der Waals surface area contributed by atoms with Crippen LogP contribution in [0.1, 0.15) is 34.8 Å². The first kappa shape index (κ1) is 12.9. The summed E-state index contributed by atoms with van der Waals surface area (Å²) in [5, 5.41) is 6.08. The number of benzene rings is 2. The Balaban J connectivity index is 1.60. The minimum absolute atomic E-state index is 0.299. The monoisotopic (exact) mass is 301 g/mol. The molecule has 2 atom stereocenters. The summed E-state index contributed by atoms with van der Waals surface area (Å²) < 4.78 is 0. The lowest BCUT2D eigenvalue weighted by Gasteiger charge is -2.24. The molecule has 0 spiro atoms. The smallest absolute Gasteiger partial charge is 0.0896 e. The van der Waals surface area contributed by atoms with Crippen molar-refractivity contribution in [1.82, 2.24) is 10.4 Å². The lowest BCUT2D eigenvalue weighted by molar-refractivity contribution is 0.467. The van der Waals surface area contributed by atoms with Gasteiger partial charge in [0.05, 0.1) is 17.4 Å². The lowest BCUT2D eigenvalue weighted by atomic mass is 9.79. The molecule has 23 heavy (non-hydrogen) atoms. The molecule has 2 aliphatic rings. The Morgan fingerprint density at radius 3 is 2.83 bits per heavy atom. The van der Waals surface area contributed by atoms with Crippen molar-refractivity contribution >= 4 is 16.6 Å². The zero-order valence-electron chi connectivity index (χ0n) is 13.1. The van der Waals surface area contributed by atoms with E-state index < -0.39 is 0 Å². The molecule has 3 aromatic rings. The van der Waals surface area contributed by atoms with Gasteiger partial charge in [0, 0.05) is 16.8 Å². The maximum absolute atomic E-state index is 4.71. The molecule has 2 heterocycles. The van der Waals surface area contributed by atoms with E-state index in [2.05, 4.69) is 65.9 Å². The molecule has 0 radical (unpaired) electrons. The number of aromatic nitrogens is 1. The molecule has 0 fully saturated rings. The highest BCUT2D eigenvalue weighted by Gasteiger charge is 2.38. The average Bonchev–Trinajstić information content (AvgIpc) is 3.16. The Morgan fingerprint density at radius 1 is 1.09 bits per heavy atom. The van der Waals surface area contributed by atoms with E-state index in [1.165, 1.54) is 39.0 Å². The lowest BCUT2D eigenvalue weighted by Crippen LogP contribution is -2.26. The molecule has 0 saturated heterocycles. The van der Waals surface area contributed by atoms with Gasteiger partial charge in [-0.05, 0) is 43.0 Å². The number of nitrogens with one attached hydrogen (secondary N) is 2. The number of fused-ring (bicyclic) bond motifs is 5.